The minimum absolute atomic E-state index is 0.134. The molecule has 3 aromatic rings. The summed E-state index contributed by atoms with van der Waals surface area (Å²) in [6.07, 6.45) is 3.20. The first-order valence-corrected chi connectivity index (χ1v) is 10.2. The number of aliphatic hydroxyl groups is 1. The Morgan fingerprint density at radius 3 is 2.57 bits per heavy atom. The van der Waals surface area contributed by atoms with E-state index in [0.717, 1.165) is 22.0 Å². The van der Waals surface area contributed by atoms with Gasteiger partial charge in [0.2, 0.25) is 11.8 Å². The molecule has 157 valence electrons. The Hall–Kier alpha value is -3.12. The predicted molar refractivity (Wildman–Crippen MR) is 118 cm³/mol. The zero-order valence-electron chi connectivity index (χ0n) is 17.2. The Labute approximate surface area is 176 Å². The Balaban J connectivity index is 1.41. The lowest BCUT2D eigenvalue weighted by Crippen LogP contribution is -2.41. The molecule has 6 heteroatoms. The second kappa shape index (κ2) is 10.6. The monoisotopic (exact) mass is 406 g/mol. The van der Waals surface area contributed by atoms with Crippen LogP contribution < -0.4 is 10.6 Å². The number of carbonyl (C=O) groups is 2. The van der Waals surface area contributed by atoms with Gasteiger partial charge in [-0.15, -0.1) is 0 Å². The van der Waals surface area contributed by atoms with Gasteiger partial charge in [0.1, 0.15) is 0 Å². The molecule has 6 nitrogen and oxygen atoms in total. The van der Waals surface area contributed by atoms with E-state index in [2.05, 4.69) is 15.6 Å². The Bertz CT molecular complexity index is 968. The number of rotatable bonds is 10. The molecule has 4 N–H and O–H groups in total. The summed E-state index contributed by atoms with van der Waals surface area (Å²) in [5.41, 5.74) is 3.17. The molecule has 2 aromatic carbocycles. The molecule has 0 aliphatic carbocycles. The highest BCUT2D eigenvalue weighted by Crippen LogP contribution is 2.21. The lowest BCUT2D eigenvalue weighted by atomic mass is 10.00. The van der Waals surface area contributed by atoms with Gasteiger partial charge in [-0.25, -0.2) is 0 Å². The number of benzene rings is 2. The Kier molecular flexibility index (Phi) is 7.63. The number of hydrogen-bond donors (Lipinski definition) is 4. The Morgan fingerprint density at radius 2 is 1.80 bits per heavy atom. The third-order valence-corrected chi connectivity index (χ3v) is 5.07. The van der Waals surface area contributed by atoms with E-state index >= 15 is 0 Å². The molecule has 0 aliphatic heterocycles. The maximum Gasteiger partial charge on any atom is 0.227 e. The lowest BCUT2D eigenvalue weighted by molar-refractivity contribution is -0.122. The Morgan fingerprint density at radius 1 is 1.07 bits per heavy atom. The van der Waals surface area contributed by atoms with Crippen LogP contribution in [0, 0.1) is 5.92 Å². The smallest absolute Gasteiger partial charge is 0.227 e. The normalized spacial score (nSPS) is 12.1. The van der Waals surface area contributed by atoms with Crippen molar-refractivity contribution in [3.05, 3.63) is 77.8 Å². The number of aliphatic hydroxyl groups excluding tert-OH is 1. The van der Waals surface area contributed by atoms with Gasteiger partial charge in [0.15, 0.2) is 0 Å². The van der Waals surface area contributed by atoms with Crippen LogP contribution in [0.3, 0.4) is 0 Å². The summed E-state index contributed by atoms with van der Waals surface area (Å²) in [6, 6.07) is 17.3. The second-order valence-electron chi connectivity index (χ2n) is 7.46. The summed E-state index contributed by atoms with van der Waals surface area (Å²) in [7, 11) is 0. The number of H-pyrrole nitrogens is 1. The van der Waals surface area contributed by atoms with Crippen LogP contribution in [0.25, 0.3) is 10.9 Å². The topological polar surface area (TPSA) is 94.2 Å². The van der Waals surface area contributed by atoms with Crippen LogP contribution in [0.4, 0.5) is 0 Å². The maximum absolute atomic E-state index is 12.4. The fourth-order valence-corrected chi connectivity index (χ4v) is 3.44. The molecule has 0 saturated heterocycles. The zero-order valence-corrected chi connectivity index (χ0v) is 17.2. The minimum atomic E-state index is -0.342. The number of fused-ring (bicyclic) bond motifs is 1. The van der Waals surface area contributed by atoms with Gasteiger partial charge in [-0.3, -0.25) is 9.59 Å². The van der Waals surface area contributed by atoms with Crippen LogP contribution in [0.15, 0.2) is 60.8 Å². The fraction of sp³-hybridized carbons (Fsp3) is 0.292. The van der Waals surface area contributed by atoms with Crippen molar-refractivity contribution in [2.75, 3.05) is 13.2 Å². The maximum atomic E-state index is 12.4. The first-order chi connectivity index (χ1) is 14.6. The number of nitrogens with one attached hydrogen (secondary N) is 3. The van der Waals surface area contributed by atoms with Crippen molar-refractivity contribution in [1.82, 2.24) is 15.6 Å². The number of aromatic amines is 1. The van der Waals surface area contributed by atoms with E-state index in [1.54, 1.807) is 6.92 Å². The third kappa shape index (κ3) is 5.94. The molecule has 3 rings (SSSR count). The molecular weight excluding hydrogens is 378 g/mol. The van der Waals surface area contributed by atoms with E-state index in [-0.39, 0.29) is 37.4 Å². The van der Waals surface area contributed by atoms with Gasteiger partial charge in [0.25, 0.3) is 0 Å². The van der Waals surface area contributed by atoms with Crippen LogP contribution in [0.2, 0.25) is 0 Å². The molecule has 30 heavy (non-hydrogen) atoms. The molecule has 0 saturated carbocycles. The van der Waals surface area contributed by atoms with Crippen LogP contribution in [0.5, 0.6) is 0 Å². The van der Waals surface area contributed by atoms with Crippen LogP contribution in [0.1, 0.15) is 24.5 Å². The van der Waals surface area contributed by atoms with Crippen molar-refractivity contribution in [1.29, 1.82) is 0 Å². The van der Waals surface area contributed by atoms with Crippen LogP contribution in [-0.4, -0.2) is 41.1 Å². The zero-order chi connectivity index (χ0) is 21.3. The summed E-state index contributed by atoms with van der Waals surface area (Å²) >= 11 is 0. The summed E-state index contributed by atoms with van der Waals surface area (Å²) in [4.78, 5) is 27.8. The highest BCUT2D eigenvalue weighted by atomic mass is 16.3. The van der Waals surface area contributed by atoms with E-state index in [0.29, 0.717) is 18.8 Å². The van der Waals surface area contributed by atoms with Crippen molar-refractivity contribution >= 4 is 22.7 Å². The molecule has 0 aliphatic rings. The van der Waals surface area contributed by atoms with Gasteiger partial charge in [0, 0.05) is 30.1 Å². The molecular formula is C24H28N3O3. The number of aromatic nitrogens is 1. The molecule has 1 radical (unpaired) electrons. The SMILES string of the molecule is C[C](Cc1c[nH]c2ccccc12)C(=O)NCCC(=O)NC(CO)Cc1ccccc1. The summed E-state index contributed by atoms with van der Waals surface area (Å²) in [5, 5.41) is 16.3. The summed E-state index contributed by atoms with van der Waals surface area (Å²) in [5.74, 6) is 0.341. The van der Waals surface area contributed by atoms with Crippen molar-refractivity contribution < 1.29 is 14.7 Å². The van der Waals surface area contributed by atoms with Gasteiger partial charge in [0.05, 0.1) is 18.6 Å². The van der Waals surface area contributed by atoms with Crippen molar-refractivity contribution in [3.8, 4) is 0 Å². The standard InChI is InChI=1S/C24H28N3O3/c1-17(13-19-15-26-22-10-6-5-9-21(19)22)24(30)25-12-11-23(29)27-20(16-28)14-18-7-3-2-4-8-18/h2-10,15,20,26,28H,11-14,16H2,1H3,(H,25,30)(H,27,29). The number of amides is 2. The molecule has 0 fully saturated rings. The quantitative estimate of drug-likeness (QED) is 0.417. The lowest BCUT2D eigenvalue weighted by Gasteiger charge is -2.17. The number of para-hydroxylation sites is 1. The molecule has 1 atom stereocenters. The molecule has 0 bridgehead atoms. The van der Waals surface area contributed by atoms with Crippen molar-refractivity contribution in [2.45, 2.75) is 32.2 Å². The van der Waals surface area contributed by atoms with E-state index in [1.165, 1.54) is 0 Å². The highest BCUT2D eigenvalue weighted by Gasteiger charge is 2.17. The number of carbonyl (C=O) groups excluding carboxylic acids is 2. The van der Waals surface area contributed by atoms with Gasteiger partial charge < -0.3 is 20.7 Å². The van der Waals surface area contributed by atoms with Gasteiger partial charge in [-0.2, -0.15) is 0 Å². The average molecular weight is 407 g/mol. The predicted octanol–water partition coefficient (Wildman–Crippen LogP) is 2.53. The summed E-state index contributed by atoms with van der Waals surface area (Å²) < 4.78 is 0. The molecule has 1 aromatic heterocycles. The molecule has 0 spiro atoms. The van der Waals surface area contributed by atoms with E-state index < -0.39 is 0 Å². The highest BCUT2D eigenvalue weighted by molar-refractivity contribution is 5.91. The van der Waals surface area contributed by atoms with E-state index in [9.17, 15) is 14.7 Å². The fourth-order valence-electron chi connectivity index (χ4n) is 3.44. The van der Waals surface area contributed by atoms with Crippen LogP contribution in [-0.2, 0) is 22.4 Å². The molecule has 1 unspecified atom stereocenters. The van der Waals surface area contributed by atoms with Gasteiger partial charge in [-0.1, -0.05) is 48.5 Å². The van der Waals surface area contributed by atoms with Gasteiger partial charge >= 0.3 is 0 Å². The second-order valence-corrected chi connectivity index (χ2v) is 7.46. The first kappa shape index (κ1) is 21.6. The van der Waals surface area contributed by atoms with Gasteiger partial charge in [-0.05, 0) is 37.0 Å². The number of hydrogen-bond acceptors (Lipinski definition) is 3. The largest absolute Gasteiger partial charge is 0.394 e. The van der Waals surface area contributed by atoms with Crippen LogP contribution >= 0.6 is 0 Å². The summed E-state index contributed by atoms with van der Waals surface area (Å²) in [6.45, 7) is 1.92. The third-order valence-electron chi connectivity index (χ3n) is 5.07. The van der Waals surface area contributed by atoms with E-state index in [4.69, 9.17) is 0 Å². The molecule has 1 heterocycles. The first-order valence-electron chi connectivity index (χ1n) is 10.2. The minimum Gasteiger partial charge on any atom is -0.394 e. The molecule has 2 amide bonds. The van der Waals surface area contributed by atoms with Crippen molar-refractivity contribution in [2.24, 2.45) is 0 Å². The average Bonchev–Trinajstić information content (AvgIpc) is 3.16. The van der Waals surface area contributed by atoms with Crippen molar-refractivity contribution in [3.63, 3.8) is 0 Å². The van der Waals surface area contributed by atoms with E-state index in [1.807, 2.05) is 60.8 Å².